The van der Waals surface area contributed by atoms with Crippen LogP contribution in [0.1, 0.15) is 15.9 Å². The van der Waals surface area contributed by atoms with E-state index in [1.165, 1.54) is 17.9 Å². The van der Waals surface area contributed by atoms with E-state index in [-0.39, 0.29) is 16.3 Å². The molecule has 0 atom stereocenters. The number of amides is 1. The number of carbonyl (C=O) groups is 1. The largest absolute Gasteiger partial charge is 0.369 e. The standard InChI is InChI=1S/C24H30N6O3S/c1-18-5-11-21(12-6-18)34(32,33)29(4)24-22(17-25-28(24)3)23(31)26-19-7-9-20(10-8-19)30-15-13-27(2)14-16-30/h5-12,17H,13-16H2,1-4H3,(H,26,31). The van der Waals surface area contributed by atoms with Crippen molar-refractivity contribution in [3.8, 4) is 0 Å². The third-order valence-corrected chi connectivity index (χ3v) is 7.89. The number of nitrogens with zero attached hydrogens (tertiary/aromatic N) is 5. The number of hydrogen-bond donors (Lipinski definition) is 1. The normalized spacial score (nSPS) is 14.8. The Bertz CT molecular complexity index is 1260. The Kier molecular flexibility index (Phi) is 6.63. The Balaban J connectivity index is 1.52. The lowest BCUT2D eigenvalue weighted by molar-refractivity contribution is 0.102. The van der Waals surface area contributed by atoms with Crippen LogP contribution < -0.4 is 14.5 Å². The fraction of sp³-hybridized carbons (Fsp3) is 0.333. The molecule has 1 fully saturated rings. The molecule has 0 aliphatic carbocycles. The van der Waals surface area contributed by atoms with Crippen molar-refractivity contribution in [2.24, 2.45) is 7.05 Å². The smallest absolute Gasteiger partial charge is 0.265 e. The van der Waals surface area contributed by atoms with Gasteiger partial charge in [-0.15, -0.1) is 0 Å². The van der Waals surface area contributed by atoms with Gasteiger partial charge in [-0.1, -0.05) is 17.7 Å². The molecule has 0 radical (unpaired) electrons. The molecule has 1 aliphatic heterocycles. The van der Waals surface area contributed by atoms with E-state index >= 15 is 0 Å². The van der Waals surface area contributed by atoms with Gasteiger partial charge in [-0.05, 0) is 50.4 Å². The lowest BCUT2D eigenvalue weighted by atomic mass is 10.2. The minimum Gasteiger partial charge on any atom is -0.369 e. The quantitative estimate of drug-likeness (QED) is 0.581. The van der Waals surface area contributed by atoms with Crippen LogP contribution in [-0.4, -0.2) is 69.3 Å². The van der Waals surface area contributed by atoms with Gasteiger partial charge < -0.3 is 15.1 Å². The number of piperazine rings is 1. The third kappa shape index (κ3) is 4.78. The van der Waals surface area contributed by atoms with Crippen LogP contribution in [0.3, 0.4) is 0 Å². The Hall–Kier alpha value is -3.37. The molecule has 0 saturated carbocycles. The minimum atomic E-state index is -3.87. The topological polar surface area (TPSA) is 90.8 Å². The number of sulfonamides is 1. The Labute approximate surface area is 200 Å². The fourth-order valence-electron chi connectivity index (χ4n) is 3.97. The number of benzene rings is 2. The second kappa shape index (κ2) is 9.47. The molecule has 0 unspecified atom stereocenters. The number of anilines is 3. The maximum atomic E-state index is 13.2. The fourth-order valence-corrected chi connectivity index (χ4v) is 5.21. The predicted octanol–water partition coefficient (Wildman–Crippen LogP) is 2.56. The summed E-state index contributed by atoms with van der Waals surface area (Å²) in [4.78, 5) is 17.8. The van der Waals surface area contributed by atoms with Crippen molar-refractivity contribution in [3.05, 3.63) is 65.9 Å². The molecule has 4 rings (SSSR count). The SMILES string of the molecule is Cc1ccc(S(=O)(=O)N(C)c2c(C(=O)Nc3ccc(N4CCN(C)CC4)cc3)cnn2C)cc1. The second-order valence-electron chi connectivity index (χ2n) is 8.58. The number of rotatable bonds is 6. The molecule has 34 heavy (non-hydrogen) atoms. The van der Waals surface area contributed by atoms with Crippen molar-refractivity contribution in [1.82, 2.24) is 14.7 Å². The van der Waals surface area contributed by atoms with Gasteiger partial charge in [-0.25, -0.2) is 8.42 Å². The van der Waals surface area contributed by atoms with E-state index in [2.05, 4.69) is 27.3 Å². The van der Waals surface area contributed by atoms with Crippen LogP contribution in [0.4, 0.5) is 17.2 Å². The lowest BCUT2D eigenvalue weighted by Gasteiger charge is -2.34. The highest BCUT2D eigenvalue weighted by atomic mass is 32.2. The summed E-state index contributed by atoms with van der Waals surface area (Å²) >= 11 is 0. The van der Waals surface area contributed by atoms with Crippen LogP contribution in [0.15, 0.2) is 59.6 Å². The van der Waals surface area contributed by atoms with E-state index in [9.17, 15) is 13.2 Å². The van der Waals surface area contributed by atoms with Crippen molar-refractivity contribution < 1.29 is 13.2 Å². The Morgan fingerprint density at radius 1 is 0.971 bits per heavy atom. The first-order valence-corrected chi connectivity index (χ1v) is 12.5. The Morgan fingerprint density at radius 2 is 1.59 bits per heavy atom. The molecular weight excluding hydrogens is 452 g/mol. The van der Waals surface area contributed by atoms with Crippen LogP contribution in [0, 0.1) is 6.92 Å². The maximum absolute atomic E-state index is 13.2. The number of aryl methyl sites for hydroxylation is 2. The molecule has 10 heteroatoms. The van der Waals surface area contributed by atoms with Gasteiger partial charge in [0, 0.05) is 51.6 Å². The Morgan fingerprint density at radius 3 is 2.21 bits per heavy atom. The molecule has 3 aromatic rings. The number of aromatic nitrogens is 2. The summed E-state index contributed by atoms with van der Waals surface area (Å²) in [6.45, 7) is 5.84. The van der Waals surface area contributed by atoms with Crippen LogP contribution in [0.2, 0.25) is 0 Å². The molecular formula is C24H30N6O3S. The second-order valence-corrected chi connectivity index (χ2v) is 10.6. The molecule has 1 amide bonds. The molecule has 1 aliphatic rings. The van der Waals surface area contributed by atoms with E-state index in [1.807, 2.05) is 31.2 Å². The number of carbonyl (C=O) groups excluding carboxylic acids is 1. The molecule has 1 N–H and O–H groups in total. The van der Waals surface area contributed by atoms with Gasteiger partial charge in [0.05, 0.1) is 11.1 Å². The average molecular weight is 483 g/mol. The number of nitrogens with one attached hydrogen (secondary N) is 1. The zero-order valence-corrected chi connectivity index (χ0v) is 20.7. The van der Waals surface area contributed by atoms with E-state index in [0.717, 1.165) is 41.7 Å². The van der Waals surface area contributed by atoms with Crippen LogP contribution in [-0.2, 0) is 17.1 Å². The predicted molar refractivity (Wildman–Crippen MR) is 134 cm³/mol. The summed E-state index contributed by atoms with van der Waals surface area (Å²) in [6, 6.07) is 14.3. The first-order valence-electron chi connectivity index (χ1n) is 11.1. The van der Waals surface area contributed by atoms with E-state index < -0.39 is 15.9 Å². The molecule has 2 aromatic carbocycles. The third-order valence-electron chi connectivity index (χ3n) is 6.12. The van der Waals surface area contributed by atoms with Crippen LogP contribution in [0.25, 0.3) is 0 Å². The molecule has 9 nitrogen and oxygen atoms in total. The average Bonchev–Trinajstić information content (AvgIpc) is 3.21. The summed E-state index contributed by atoms with van der Waals surface area (Å²) < 4.78 is 28.8. The van der Waals surface area contributed by atoms with E-state index in [4.69, 9.17) is 0 Å². The molecule has 2 heterocycles. The van der Waals surface area contributed by atoms with Gasteiger partial charge in [0.25, 0.3) is 15.9 Å². The van der Waals surface area contributed by atoms with Gasteiger partial charge in [0.2, 0.25) is 0 Å². The monoisotopic (exact) mass is 482 g/mol. The zero-order valence-electron chi connectivity index (χ0n) is 19.9. The van der Waals surface area contributed by atoms with Crippen molar-refractivity contribution >= 4 is 33.1 Å². The van der Waals surface area contributed by atoms with Crippen molar-refractivity contribution in [3.63, 3.8) is 0 Å². The van der Waals surface area contributed by atoms with Gasteiger partial charge in [-0.2, -0.15) is 5.10 Å². The molecule has 1 saturated heterocycles. The lowest BCUT2D eigenvalue weighted by Crippen LogP contribution is -2.44. The summed E-state index contributed by atoms with van der Waals surface area (Å²) in [5.41, 5.74) is 2.86. The number of hydrogen-bond acceptors (Lipinski definition) is 6. The van der Waals surface area contributed by atoms with Crippen LogP contribution in [0.5, 0.6) is 0 Å². The van der Waals surface area contributed by atoms with Crippen molar-refractivity contribution in [1.29, 1.82) is 0 Å². The maximum Gasteiger partial charge on any atom is 0.265 e. The first-order chi connectivity index (χ1) is 16.2. The van der Waals surface area contributed by atoms with Gasteiger partial charge in [0.1, 0.15) is 5.56 Å². The highest BCUT2D eigenvalue weighted by molar-refractivity contribution is 7.92. The van der Waals surface area contributed by atoms with E-state index in [1.54, 1.807) is 31.3 Å². The molecule has 0 spiro atoms. The van der Waals surface area contributed by atoms with Crippen LogP contribution >= 0.6 is 0 Å². The highest BCUT2D eigenvalue weighted by Gasteiger charge is 2.28. The van der Waals surface area contributed by atoms with Gasteiger partial charge in [0.15, 0.2) is 5.82 Å². The van der Waals surface area contributed by atoms with E-state index in [0.29, 0.717) is 5.69 Å². The summed E-state index contributed by atoms with van der Waals surface area (Å²) in [5.74, 6) is -0.242. The number of likely N-dealkylation sites (N-methyl/N-ethyl adjacent to an activating group) is 1. The van der Waals surface area contributed by atoms with Crippen molar-refractivity contribution in [2.45, 2.75) is 11.8 Å². The first kappa shape index (κ1) is 23.8. The molecule has 0 bridgehead atoms. The summed E-state index contributed by atoms with van der Waals surface area (Å²) in [6.07, 6.45) is 1.38. The summed E-state index contributed by atoms with van der Waals surface area (Å²) in [5, 5.41) is 7.00. The van der Waals surface area contributed by atoms with Gasteiger partial charge in [-0.3, -0.25) is 13.8 Å². The molecule has 180 valence electrons. The highest BCUT2D eigenvalue weighted by Crippen LogP contribution is 2.27. The van der Waals surface area contributed by atoms with Gasteiger partial charge >= 0.3 is 0 Å². The zero-order chi connectivity index (χ0) is 24.5. The molecule has 1 aromatic heterocycles. The minimum absolute atomic E-state index is 0.146. The van der Waals surface area contributed by atoms with Crippen molar-refractivity contribution in [2.75, 3.05) is 54.8 Å². The summed E-state index contributed by atoms with van der Waals surface area (Å²) in [7, 11) is 1.28.